The highest BCUT2D eigenvalue weighted by atomic mass is 79.9. The van der Waals surface area contributed by atoms with Crippen LogP contribution in [0, 0.1) is 0 Å². The summed E-state index contributed by atoms with van der Waals surface area (Å²) in [6.45, 7) is 8.88. The molecule has 0 aliphatic heterocycles. The number of halogens is 1. The van der Waals surface area contributed by atoms with Gasteiger partial charge in [-0.1, -0.05) is 105 Å². The average Bonchev–Trinajstić information content (AvgIpc) is 2.82. The molecule has 2 atom stereocenters. The second kappa shape index (κ2) is 12.7. The van der Waals surface area contributed by atoms with E-state index in [0.717, 1.165) is 23.1 Å². The minimum Gasteiger partial charge on any atom is -0.387 e. The molecule has 32 heavy (non-hydrogen) atoms. The lowest BCUT2D eigenvalue weighted by Crippen LogP contribution is -2.39. The topological polar surface area (TPSA) is 23.5 Å². The van der Waals surface area contributed by atoms with E-state index in [1.54, 1.807) is 0 Å². The first-order valence-electron chi connectivity index (χ1n) is 12.6. The minimum absolute atomic E-state index is 0.109. The van der Waals surface area contributed by atoms with Crippen molar-refractivity contribution in [2.24, 2.45) is 0 Å². The molecule has 0 heterocycles. The number of hydrogen-bond acceptors (Lipinski definition) is 2. The van der Waals surface area contributed by atoms with E-state index in [1.807, 2.05) is 0 Å². The molecule has 0 aliphatic carbocycles. The van der Waals surface area contributed by atoms with Gasteiger partial charge in [0.15, 0.2) is 0 Å². The van der Waals surface area contributed by atoms with Crippen molar-refractivity contribution in [3.8, 4) is 0 Å². The highest BCUT2D eigenvalue weighted by molar-refractivity contribution is 9.10. The third-order valence-corrected chi connectivity index (χ3v) is 7.46. The van der Waals surface area contributed by atoms with Crippen LogP contribution in [0.25, 0.3) is 21.5 Å². The highest BCUT2D eigenvalue weighted by Crippen LogP contribution is 2.34. The van der Waals surface area contributed by atoms with Crippen molar-refractivity contribution in [1.82, 2.24) is 4.90 Å². The number of aliphatic hydroxyl groups excluding tert-OH is 1. The minimum atomic E-state index is -0.487. The van der Waals surface area contributed by atoms with Crippen LogP contribution in [0.4, 0.5) is 0 Å². The largest absolute Gasteiger partial charge is 0.387 e. The van der Waals surface area contributed by atoms with Crippen LogP contribution in [-0.2, 0) is 0 Å². The van der Waals surface area contributed by atoms with E-state index in [0.29, 0.717) is 0 Å². The molecule has 0 radical (unpaired) electrons. The molecule has 0 spiro atoms. The Morgan fingerprint density at radius 2 is 1.41 bits per heavy atom. The predicted molar refractivity (Wildman–Crippen MR) is 143 cm³/mol. The van der Waals surface area contributed by atoms with Crippen LogP contribution in [0.5, 0.6) is 0 Å². The fourth-order valence-electron chi connectivity index (χ4n) is 4.74. The Balaban J connectivity index is 1.82. The Hall–Kier alpha value is -1.42. The summed E-state index contributed by atoms with van der Waals surface area (Å²) in [6.07, 6.45) is 9.63. The van der Waals surface area contributed by atoms with Crippen molar-refractivity contribution >= 4 is 37.5 Å². The number of benzene rings is 3. The molecule has 2 nitrogen and oxygen atoms in total. The Kier molecular flexibility index (Phi) is 10.0. The van der Waals surface area contributed by atoms with Gasteiger partial charge in [-0.2, -0.15) is 0 Å². The quantitative estimate of drug-likeness (QED) is 0.188. The van der Waals surface area contributed by atoms with Crippen molar-refractivity contribution in [3.05, 3.63) is 58.6 Å². The first-order valence-corrected chi connectivity index (χ1v) is 13.4. The molecule has 2 unspecified atom stereocenters. The average molecular weight is 499 g/mol. The van der Waals surface area contributed by atoms with Crippen LogP contribution in [0.2, 0.25) is 0 Å². The Labute approximate surface area is 203 Å². The molecule has 0 bridgehead atoms. The number of nitrogens with zero attached hydrogens (tertiary/aromatic N) is 1. The van der Waals surface area contributed by atoms with Crippen molar-refractivity contribution in [3.63, 3.8) is 0 Å². The Morgan fingerprint density at radius 1 is 0.781 bits per heavy atom. The molecule has 3 rings (SSSR count). The van der Waals surface area contributed by atoms with E-state index in [-0.39, 0.29) is 6.04 Å². The number of rotatable bonds is 13. The van der Waals surface area contributed by atoms with Crippen LogP contribution in [-0.4, -0.2) is 29.1 Å². The summed E-state index contributed by atoms with van der Waals surface area (Å²) in [5.41, 5.74) is 1.02. The number of hydrogen-bond donors (Lipinski definition) is 1. The summed E-state index contributed by atoms with van der Waals surface area (Å²) >= 11 is 3.72. The lowest BCUT2D eigenvalue weighted by atomic mass is 9.95. The van der Waals surface area contributed by atoms with E-state index >= 15 is 0 Å². The van der Waals surface area contributed by atoms with Crippen LogP contribution in [0.15, 0.2) is 53.0 Å². The van der Waals surface area contributed by atoms with Gasteiger partial charge in [0.25, 0.3) is 0 Å². The smallest absolute Gasteiger partial charge is 0.0942 e. The zero-order valence-electron chi connectivity index (χ0n) is 20.1. The van der Waals surface area contributed by atoms with Gasteiger partial charge in [0.2, 0.25) is 0 Å². The van der Waals surface area contributed by atoms with Crippen molar-refractivity contribution < 1.29 is 5.11 Å². The third-order valence-electron chi connectivity index (χ3n) is 6.81. The molecule has 3 aromatic carbocycles. The Morgan fingerprint density at radius 3 is 2.03 bits per heavy atom. The van der Waals surface area contributed by atoms with Gasteiger partial charge in [-0.25, -0.2) is 0 Å². The van der Waals surface area contributed by atoms with Crippen molar-refractivity contribution in [1.29, 1.82) is 0 Å². The Bertz CT molecular complexity index is 973. The van der Waals surface area contributed by atoms with E-state index in [2.05, 4.69) is 90.1 Å². The van der Waals surface area contributed by atoms with Crippen molar-refractivity contribution in [2.75, 3.05) is 13.1 Å². The van der Waals surface area contributed by atoms with Gasteiger partial charge >= 0.3 is 0 Å². The first kappa shape index (κ1) is 25.2. The molecular formula is C29H40BrNO. The molecule has 3 aromatic rings. The molecule has 0 aromatic heterocycles. The maximum absolute atomic E-state index is 11.4. The lowest BCUT2D eigenvalue weighted by molar-refractivity contribution is 0.0555. The van der Waals surface area contributed by atoms with E-state index in [9.17, 15) is 5.11 Å². The normalized spacial score (nSPS) is 13.8. The van der Waals surface area contributed by atoms with Crippen LogP contribution >= 0.6 is 15.9 Å². The van der Waals surface area contributed by atoms with Gasteiger partial charge in [-0.15, -0.1) is 0 Å². The molecule has 0 fully saturated rings. The zero-order valence-corrected chi connectivity index (χ0v) is 21.7. The molecule has 0 saturated heterocycles. The molecule has 0 aliphatic rings. The molecule has 174 valence electrons. The first-order chi connectivity index (χ1) is 15.6. The molecule has 0 amide bonds. The molecule has 1 N–H and O–H groups in total. The van der Waals surface area contributed by atoms with E-state index < -0.39 is 6.10 Å². The maximum Gasteiger partial charge on any atom is 0.0942 e. The summed E-state index contributed by atoms with van der Waals surface area (Å²) in [5, 5.41) is 16.3. The standard InChI is InChI=1S/C29H40BrNO/c1-4-6-8-12-18-31(19-13-9-7-5-2)22(3)29(32)24-17-16-23-21-28(30)26-15-11-10-14-25(26)27(23)20-24/h10-11,14-17,20-22,29,32H,4-9,12-13,18-19H2,1-3H3. The van der Waals surface area contributed by atoms with Crippen LogP contribution < -0.4 is 0 Å². The second-order valence-electron chi connectivity index (χ2n) is 9.23. The summed E-state index contributed by atoms with van der Waals surface area (Å²) in [6, 6.07) is 17.3. The maximum atomic E-state index is 11.4. The SMILES string of the molecule is CCCCCCN(CCCCCC)C(C)C(O)c1ccc2cc(Br)c3ccccc3c2c1. The zero-order chi connectivity index (χ0) is 22.9. The molecule has 0 saturated carbocycles. The fraction of sp³-hybridized carbons (Fsp3) is 0.517. The summed E-state index contributed by atoms with van der Waals surface area (Å²) in [7, 11) is 0. The highest BCUT2D eigenvalue weighted by Gasteiger charge is 2.23. The molecular weight excluding hydrogens is 458 g/mol. The fourth-order valence-corrected chi connectivity index (χ4v) is 5.33. The van der Waals surface area contributed by atoms with Gasteiger partial charge in [0.05, 0.1) is 6.10 Å². The van der Waals surface area contributed by atoms with Gasteiger partial charge in [0, 0.05) is 10.5 Å². The van der Waals surface area contributed by atoms with E-state index in [4.69, 9.17) is 0 Å². The van der Waals surface area contributed by atoms with Crippen molar-refractivity contribution in [2.45, 2.75) is 84.3 Å². The number of aliphatic hydroxyl groups is 1. The second-order valence-corrected chi connectivity index (χ2v) is 10.1. The summed E-state index contributed by atoms with van der Waals surface area (Å²) in [5.74, 6) is 0. The lowest BCUT2D eigenvalue weighted by Gasteiger charge is -2.33. The van der Waals surface area contributed by atoms with Crippen LogP contribution in [0.1, 0.15) is 83.8 Å². The predicted octanol–water partition coefficient (Wildman–Crippen LogP) is 8.64. The summed E-state index contributed by atoms with van der Waals surface area (Å²) < 4.78 is 1.12. The van der Waals surface area contributed by atoms with Crippen LogP contribution in [0.3, 0.4) is 0 Å². The monoisotopic (exact) mass is 497 g/mol. The third kappa shape index (κ3) is 6.34. The van der Waals surface area contributed by atoms with Gasteiger partial charge in [-0.05, 0) is 72.1 Å². The van der Waals surface area contributed by atoms with Gasteiger partial charge < -0.3 is 5.11 Å². The van der Waals surface area contributed by atoms with Gasteiger partial charge in [-0.3, -0.25) is 4.90 Å². The van der Waals surface area contributed by atoms with E-state index in [1.165, 1.54) is 72.9 Å². The molecule has 3 heteroatoms. The number of unbranched alkanes of at least 4 members (excludes halogenated alkanes) is 6. The van der Waals surface area contributed by atoms with Gasteiger partial charge in [0.1, 0.15) is 0 Å². The number of fused-ring (bicyclic) bond motifs is 3. The summed E-state index contributed by atoms with van der Waals surface area (Å²) in [4.78, 5) is 2.53.